The van der Waals surface area contributed by atoms with Crippen LogP contribution in [0.1, 0.15) is 63.0 Å². The average molecular weight is 504 g/mol. The van der Waals surface area contributed by atoms with Crippen molar-refractivity contribution in [1.29, 1.82) is 0 Å². The number of fused-ring (bicyclic) bond motifs is 3. The van der Waals surface area contributed by atoms with Gasteiger partial charge in [-0.3, -0.25) is 0 Å². The molecule has 35 heavy (non-hydrogen) atoms. The van der Waals surface area contributed by atoms with Crippen LogP contribution in [0.5, 0.6) is 11.5 Å². The van der Waals surface area contributed by atoms with Gasteiger partial charge in [-0.05, 0) is 75.8 Å². The number of carbonyl (C=O) groups excluding carboxylic acids is 2. The van der Waals surface area contributed by atoms with Gasteiger partial charge >= 0.3 is 17.7 Å². The van der Waals surface area contributed by atoms with Crippen LogP contribution in [0.15, 0.2) is 36.4 Å². The number of carbonyl (C=O) groups is 2. The van der Waals surface area contributed by atoms with Crippen molar-refractivity contribution in [2.24, 2.45) is 11.7 Å². The summed E-state index contributed by atoms with van der Waals surface area (Å²) in [6.07, 6.45) is -0.903. The summed E-state index contributed by atoms with van der Waals surface area (Å²) in [5, 5.41) is 11.3. The number of hydrogen-bond acceptors (Lipinski definition) is 8. The van der Waals surface area contributed by atoms with Crippen molar-refractivity contribution in [3.8, 4) is 11.5 Å². The van der Waals surface area contributed by atoms with Crippen LogP contribution in [-0.2, 0) is 25.5 Å². The first-order valence-electron chi connectivity index (χ1n) is 11.7. The van der Waals surface area contributed by atoms with E-state index in [-0.39, 0.29) is 23.5 Å². The maximum absolute atomic E-state index is 13.0. The molecule has 3 N–H and O–H groups in total. The largest absolute Gasteiger partial charge is 0.457 e. The molecule has 2 aromatic rings. The van der Waals surface area contributed by atoms with E-state index in [1.165, 1.54) is 0 Å². The van der Waals surface area contributed by atoms with Gasteiger partial charge in [0.25, 0.3) is 0 Å². The van der Waals surface area contributed by atoms with Crippen LogP contribution in [0.3, 0.4) is 0 Å². The molecular weight excluding hydrogens is 474 g/mol. The fourth-order valence-corrected chi connectivity index (χ4v) is 4.70. The van der Waals surface area contributed by atoms with E-state index >= 15 is 0 Å². The fraction of sp³-hybridized carbons (Fsp3) is 0.462. The zero-order valence-corrected chi connectivity index (χ0v) is 20.9. The third kappa shape index (κ3) is 4.83. The van der Waals surface area contributed by atoms with Crippen molar-refractivity contribution in [3.05, 3.63) is 58.1 Å². The quantitative estimate of drug-likeness (QED) is 0.430. The van der Waals surface area contributed by atoms with Crippen LogP contribution >= 0.6 is 11.6 Å². The summed E-state index contributed by atoms with van der Waals surface area (Å²) in [4.78, 5) is 26.0. The second-order valence-electron chi connectivity index (χ2n) is 9.49. The van der Waals surface area contributed by atoms with E-state index in [1.54, 1.807) is 58.0 Å². The van der Waals surface area contributed by atoms with E-state index < -0.39 is 36.0 Å². The van der Waals surface area contributed by atoms with Gasteiger partial charge in [0.1, 0.15) is 0 Å². The molecule has 0 aromatic heterocycles. The lowest BCUT2D eigenvalue weighted by Crippen LogP contribution is -2.56. The van der Waals surface area contributed by atoms with Crippen molar-refractivity contribution in [1.82, 2.24) is 0 Å². The highest BCUT2D eigenvalue weighted by Gasteiger charge is 2.61. The Morgan fingerprint density at radius 3 is 2.37 bits per heavy atom. The molecule has 1 aliphatic carbocycles. The summed E-state index contributed by atoms with van der Waals surface area (Å²) in [6, 6.07) is 10.1. The predicted molar refractivity (Wildman–Crippen MR) is 128 cm³/mol. The molecule has 1 aliphatic heterocycles. The summed E-state index contributed by atoms with van der Waals surface area (Å²) in [6.45, 7) is 6.64. The van der Waals surface area contributed by atoms with Crippen molar-refractivity contribution >= 4 is 23.5 Å². The number of esters is 2. The maximum atomic E-state index is 13.0. The van der Waals surface area contributed by atoms with Crippen molar-refractivity contribution in [2.45, 2.75) is 70.7 Å². The van der Waals surface area contributed by atoms with Gasteiger partial charge in [-0.15, -0.1) is 0 Å². The number of aliphatic hydroxyl groups is 1. The highest BCUT2D eigenvalue weighted by atomic mass is 35.5. The zero-order chi connectivity index (χ0) is 25.5. The van der Waals surface area contributed by atoms with E-state index in [1.807, 2.05) is 6.07 Å². The Morgan fingerprint density at radius 2 is 1.77 bits per heavy atom. The number of aliphatic hydroxyl groups excluding tert-OH is 1. The van der Waals surface area contributed by atoms with Crippen molar-refractivity contribution in [3.63, 3.8) is 0 Å². The Balaban J connectivity index is 1.61. The molecule has 2 aromatic carbocycles. The van der Waals surface area contributed by atoms with Crippen molar-refractivity contribution < 1.29 is 33.6 Å². The number of rotatable bonds is 7. The zero-order valence-electron chi connectivity index (χ0n) is 20.1. The Labute approximate surface area is 209 Å². The average Bonchev–Trinajstić information content (AvgIpc) is 3.32. The second kappa shape index (κ2) is 9.68. The second-order valence-corrected chi connectivity index (χ2v) is 9.92. The van der Waals surface area contributed by atoms with E-state index in [0.29, 0.717) is 23.4 Å². The summed E-state index contributed by atoms with van der Waals surface area (Å²) in [5.74, 6) is -3.99. The normalized spacial score (nSPS) is 20.6. The van der Waals surface area contributed by atoms with Crippen LogP contribution in [-0.4, -0.2) is 35.0 Å². The minimum atomic E-state index is -2.39. The van der Waals surface area contributed by atoms with Gasteiger partial charge in [0.15, 0.2) is 11.5 Å². The molecule has 0 radical (unpaired) electrons. The molecule has 188 valence electrons. The fourth-order valence-electron chi connectivity index (χ4n) is 4.50. The first-order valence-corrected chi connectivity index (χ1v) is 12.0. The molecule has 9 heteroatoms. The van der Waals surface area contributed by atoms with E-state index in [9.17, 15) is 14.7 Å². The van der Waals surface area contributed by atoms with Crippen LogP contribution in [0.4, 0.5) is 0 Å². The molecule has 8 nitrogen and oxygen atoms in total. The molecule has 0 amide bonds. The number of halogens is 1. The molecule has 3 atom stereocenters. The summed E-state index contributed by atoms with van der Waals surface area (Å²) in [7, 11) is 0. The molecule has 2 aliphatic rings. The van der Waals surface area contributed by atoms with Crippen LogP contribution in [0.2, 0.25) is 5.02 Å². The Morgan fingerprint density at radius 1 is 1.11 bits per heavy atom. The van der Waals surface area contributed by atoms with E-state index in [2.05, 4.69) is 0 Å². The minimum absolute atomic E-state index is 0.116. The van der Waals surface area contributed by atoms with Crippen LogP contribution in [0.25, 0.3) is 0 Å². The molecule has 0 fully saturated rings. The van der Waals surface area contributed by atoms with Gasteiger partial charge < -0.3 is 29.8 Å². The molecule has 3 unspecified atom stereocenters. The maximum Gasteiger partial charge on any atom is 0.453 e. The van der Waals surface area contributed by atoms with Gasteiger partial charge in [-0.25, -0.2) is 9.59 Å². The SMILES string of the molecule is CC(C)OC(=O)C1(C(=O)OC(C)C)Oc2ccc3c(c2O1)CC(CC(O)c1cccc(Cl)c1)C3N. The molecule has 0 spiro atoms. The number of ether oxygens (including phenoxy) is 4. The predicted octanol–water partition coefficient (Wildman–Crippen LogP) is 4.01. The monoisotopic (exact) mass is 503 g/mol. The van der Waals surface area contributed by atoms with Gasteiger partial charge in [0.2, 0.25) is 0 Å². The lowest BCUT2D eigenvalue weighted by atomic mass is 9.92. The van der Waals surface area contributed by atoms with Gasteiger partial charge in [-0.1, -0.05) is 29.8 Å². The lowest BCUT2D eigenvalue weighted by Gasteiger charge is -2.25. The summed E-state index contributed by atoms with van der Waals surface area (Å²) in [5.41, 5.74) is 8.79. The third-order valence-corrected chi connectivity index (χ3v) is 6.31. The highest BCUT2D eigenvalue weighted by molar-refractivity contribution is 6.30. The Hall–Kier alpha value is -2.81. The van der Waals surface area contributed by atoms with Crippen LogP contribution in [0, 0.1) is 5.92 Å². The van der Waals surface area contributed by atoms with Gasteiger partial charge in [-0.2, -0.15) is 0 Å². The minimum Gasteiger partial charge on any atom is -0.457 e. The number of hydrogen-bond donors (Lipinski definition) is 2. The van der Waals surface area contributed by atoms with Crippen molar-refractivity contribution in [2.75, 3.05) is 0 Å². The summed E-state index contributed by atoms with van der Waals surface area (Å²) < 4.78 is 22.3. The number of benzene rings is 2. The molecule has 4 rings (SSSR count). The third-order valence-electron chi connectivity index (χ3n) is 6.08. The van der Waals surface area contributed by atoms with Gasteiger partial charge in [0.05, 0.1) is 18.3 Å². The standard InChI is InChI=1S/C26H30ClNO7/c1-13(2)32-24(30)26(25(31)33-14(3)4)34-21-9-8-18-19(23(21)35-26)11-16(22(18)28)12-20(29)15-6-5-7-17(27)10-15/h5-10,13-14,16,20,22,29H,11-12,28H2,1-4H3. The first kappa shape index (κ1) is 25.3. The van der Waals surface area contributed by atoms with E-state index in [4.69, 9.17) is 36.3 Å². The smallest absolute Gasteiger partial charge is 0.453 e. The Bertz CT molecular complexity index is 1110. The van der Waals surface area contributed by atoms with Crippen LogP contribution < -0.4 is 15.2 Å². The van der Waals surface area contributed by atoms with E-state index in [0.717, 1.165) is 11.1 Å². The molecule has 0 saturated carbocycles. The number of nitrogens with two attached hydrogens (primary N) is 1. The summed E-state index contributed by atoms with van der Waals surface area (Å²) >= 11 is 6.07. The Kier molecular flexibility index (Phi) is 6.99. The molecule has 1 heterocycles. The lowest BCUT2D eigenvalue weighted by molar-refractivity contribution is -0.207. The van der Waals surface area contributed by atoms with Gasteiger partial charge in [0, 0.05) is 16.6 Å². The molecular formula is C26H30ClNO7. The molecule has 0 bridgehead atoms. The topological polar surface area (TPSA) is 117 Å². The molecule has 0 saturated heterocycles. The highest BCUT2D eigenvalue weighted by Crippen LogP contribution is 2.51. The first-order chi connectivity index (χ1) is 16.5.